The first kappa shape index (κ1) is 24.2. The lowest BCUT2D eigenvalue weighted by Gasteiger charge is -2.44. The summed E-state index contributed by atoms with van der Waals surface area (Å²) in [7, 11) is 0. The lowest BCUT2D eigenvalue weighted by molar-refractivity contribution is -0.130. The van der Waals surface area contributed by atoms with Crippen molar-refractivity contribution in [2.24, 2.45) is 5.92 Å². The van der Waals surface area contributed by atoms with E-state index >= 15 is 0 Å². The molecule has 4 nitrogen and oxygen atoms in total. The number of thioether (sulfide) groups is 1. The summed E-state index contributed by atoms with van der Waals surface area (Å²) in [5.74, 6) is 0.962. The van der Waals surface area contributed by atoms with E-state index in [2.05, 4.69) is 43.0 Å². The summed E-state index contributed by atoms with van der Waals surface area (Å²) < 4.78 is 0. The molecule has 3 aliphatic rings. The average molecular weight is 489 g/mol. The van der Waals surface area contributed by atoms with Crippen molar-refractivity contribution in [3.8, 4) is 0 Å². The molecule has 0 spiro atoms. The molecule has 0 radical (unpaired) electrons. The Kier molecular flexibility index (Phi) is 7.33. The molecule has 5 rings (SSSR count). The smallest absolute Gasteiger partial charge is 0.260 e. The molecule has 35 heavy (non-hydrogen) atoms. The van der Waals surface area contributed by atoms with Crippen LogP contribution in [-0.2, 0) is 11.3 Å². The van der Waals surface area contributed by atoms with E-state index in [0.29, 0.717) is 23.8 Å². The van der Waals surface area contributed by atoms with Crippen molar-refractivity contribution in [3.05, 3.63) is 75.7 Å². The first-order valence-electron chi connectivity index (χ1n) is 13.1. The predicted octanol–water partition coefficient (Wildman–Crippen LogP) is 6.29. The van der Waals surface area contributed by atoms with Crippen molar-refractivity contribution in [1.82, 2.24) is 9.80 Å². The Bertz CT molecular complexity index is 1100. The number of likely N-dealkylation sites (tertiary alicyclic amines) is 1. The average Bonchev–Trinajstić information content (AvgIpc) is 2.87. The normalized spacial score (nSPS) is 24.5. The number of carbonyl (C=O) groups is 2. The minimum absolute atomic E-state index is 0.119. The molecule has 2 aromatic carbocycles. The second-order valence-electron chi connectivity index (χ2n) is 10.5. The van der Waals surface area contributed by atoms with E-state index in [-0.39, 0.29) is 11.8 Å². The van der Waals surface area contributed by atoms with E-state index in [4.69, 9.17) is 0 Å². The number of amides is 2. The summed E-state index contributed by atoms with van der Waals surface area (Å²) in [4.78, 5) is 31.5. The first-order chi connectivity index (χ1) is 17.0. The van der Waals surface area contributed by atoms with Gasteiger partial charge in [-0.15, -0.1) is 11.8 Å². The van der Waals surface area contributed by atoms with Crippen LogP contribution < -0.4 is 0 Å². The zero-order valence-electron chi connectivity index (χ0n) is 20.9. The second-order valence-corrected chi connectivity index (χ2v) is 11.8. The SMILES string of the molecule is Cc1cccc(CN2C(=O)/C(=C\c3ccc(C(=O)N4CCC(C)CC4)cc3)SC3CCCCC32)c1. The standard InChI is InChI=1S/C30H36N2O2S/c1-21-14-16-31(17-15-21)29(33)25-12-10-23(11-13-25)19-28-30(34)32(20-24-7-5-6-22(2)18-24)26-8-3-4-9-27(26)35-28/h5-7,10-13,18-19,21,26-27H,3-4,8-9,14-17,20H2,1-2H3/b28-19+. The van der Waals surface area contributed by atoms with Crippen molar-refractivity contribution in [2.45, 2.75) is 70.2 Å². The third-order valence-corrected chi connectivity index (χ3v) is 9.18. The summed E-state index contributed by atoms with van der Waals surface area (Å²) >= 11 is 1.76. The fourth-order valence-corrected chi connectivity index (χ4v) is 7.11. The third-order valence-electron chi connectivity index (χ3n) is 7.78. The highest BCUT2D eigenvalue weighted by Crippen LogP contribution is 2.42. The summed E-state index contributed by atoms with van der Waals surface area (Å²) in [5, 5.41) is 0.458. The number of piperidine rings is 1. The maximum atomic E-state index is 13.7. The van der Waals surface area contributed by atoms with Crippen molar-refractivity contribution in [3.63, 3.8) is 0 Å². The molecule has 2 amide bonds. The van der Waals surface area contributed by atoms with Gasteiger partial charge in [-0.2, -0.15) is 0 Å². The molecule has 0 N–H and O–H groups in total. The zero-order chi connectivity index (χ0) is 24.4. The highest BCUT2D eigenvalue weighted by atomic mass is 32.2. The van der Waals surface area contributed by atoms with Crippen LogP contribution in [0.4, 0.5) is 0 Å². The fraction of sp³-hybridized carbons (Fsp3) is 0.467. The van der Waals surface area contributed by atoms with Crippen LogP contribution in [-0.4, -0.2) is 46.0 Å². The quantitative estimate of drug-likeness (QED) is 0.475. The molecule has 5 heteroatoms. The molecule has 0 aromatic heterocycles. The van der Waals surface area contributed by atoms with Gasteiger partial charge in [-0.25, -0.2) is 0 Å². The molecule has 2 atom stereocenters. The second kappa shape index (κ2) is 10.6. The van der Waals surface area contributed by atoms with E-state index in [9.17, 15) is 9.59 Å². The lowest BCUT2D eigenvalue weighted by Crippen LogP contribution is -2.50. The molecular weight excluding hydrogens is 452 g/mol. The maximum Gasteiger partial charge on any atom is 0.260 e. The van der Waals surface area contributed by atoms with E-state index < -0.39 is 0 Å². The van der Waals surface area contributed by atoms with Crippen molar-refractivity contribution < 1.29 is 9.59 Å². The number of nitrogens with zero attached hydrogens (tertiary/aromatic N) is 2. The summed E-state index contributed by atoms with van der Waals surface area (Å²) in [6.07, 6.45) is 8.87. The van der Waals surface area contributed by atoms with Gasteiger partial charge in [0.1, 0.15) is 0 Å². The third kappa shape index (κ3) is 5.50. The maximum absolute atomic E-state index is 13.7. The number of rotatable bonds is 4. The monoisotopic (exact) mass is 488 g/mol. The van der Waals surface area contributed by atoms with E-state index in [1.165, 1.54) is 24.0 Å². The molecule has 2 saturated heterocycles. The Morgan fingerprint density at radius 3 is 2.51 bits per heavy atom. The van der Waals surface area contributed by atoms with Crippen LogP contribution in [0.5, 0.6) is 0 Å². The van der Waals surface area contributed by atoms with Crippen LogP contribution in [0.15, 0.2) is 53.4 Å². The van der Waals surface area contributed by atoms with Crippen molar-refractivity contribution in [2.75, 3.05) is 13.1 Å². The molecule has 1 saturated carbocycles. The number of hydrogen-bond acceptors (Lipinski definition) is 3. The molecule has 1 aliphatic carbocycles. The van der Waals surface area contributed by atoms with Crippen LogP contribution in [0.2, 0.25) is 0 Å². The van der Waals surface area contributed by atoms with Crippen LogP contribution in [0, 0.1) is 12.8 Å². The Morgan fingerprint density at radius 2 is 1.77 bits per heavy atom. The van der Waals surface area contributed by atoms with Gasteiger partial charge in [0.05, 0.1) is 4.91 Å². The largest absolute Gasteiger partial charge is 0.339 e. The minimum Gasteiger partial charge on any atom is -0.339 e. The molecule has 2 aromatic rings. The van der Waals surface area contributed by atoms with E-state index in [0.717, 1.165) is 54.8 Å². The molecule has 2 heterocycles. The molecule has 3 fully saturated rings. The van der Waals surface area contributed by atoms with Crippen molar-refractivity contribution >= 4 is 29.7 Å². The molecule has 0 bridgehead atoms. The van der Waals surface area contributed by atoms with Gasteiger partial charge >= 0.3 is 0 Å². The van der Waals surface area contributed by atoms with E-state index in [1.54, 1.807) is 11.8 Å². The fourth-order valence-electron chi connectivity index (χ4n) is 5.64. The number of fused-ring (bicyclic) bond motifs is 1. The van der Waals surface area contributed by atoms with Crippen molar-refractivity contribution in [1.29, 1.82) is 0 Å². The van der Waals surface area contributed by atoms with E-state index in [1.807, 2.05) is 35.2 Å². The minimum atomic E-state index is 0.119. The van der Waals surface area contributed by atoms with Gasteiger partial charge in [0, 0.05) is 36.5 Å². The van der Waals surface area contributed by atoms with Gasteiger partial charge in [0.25, 0.3) is 11.8 Å². The molecule has 2 unspecified atom stereocenters. The lowest BCUT2D eigenvalue weighted by atomic mass is 9.92. The topological polar surface area (TPSA) is 40.6 Å². The number of carbonyl (C=O) groups excluding carboxylic acids is 2. The van der Waals surface area contributed by atoms with Gasteiger partial charge in [0.15, 0.2) is 0 Å². The van der Waals surface area contributed by atoms with Crippen LogP contribution in [0.25, 0.3) is 6.08 Å². The first-order valence-corrected chi connectivity index (χ1v) is 14.0. The number of aryl methyl sites for hydroxylation is 1. The van der Waals surface area contributed by atoms with Gasteiger partial charge in [-0.1, -0.05) is 61.7 Å². The van der Waals surface area contributed by atoms with Gasteiger partial charge in [-0.05, 0) is 67.9 Å². The van der Waals surface area contributed by atoms with Gasteiger partial charge in [0.2, 0.25) is 0 Å². The number of benzene rings is 2. The summed E-state index contributed by atoms with van der Waals surface area (Å²) in [6, 6.07) is 16.6. The molecule has 184 valence electrons. The Balaban J connectivity index is 1.34. The van der Waals surface area contributed by atoms with Gasteiger partial charge in [-0.3, -0.25) is 9.59 Å². The number of hydrogen-bond donors (Lipinski definition) is 0. The van der Waals surface area contributed by atoms with Crippen LogP contribution in [0.1, 0.15) is 72.5 Å². The van der Waals surface area contributed by atoms with Gasteiger partial charge < -0.3 is 9.80 Å². The van der Waals surface area contributed by atoms with Crippen LogP contribution >= 0.6 is 11.8 Å². The summed E-state index contributed by atoms with van der Waals surface area (Å²) in [6.45, 7) is 6.71. The Hall–Kier alpha value is -2.53. The Morgan fingerprint density at radius 1 is 1.03 bits per heavy atom. The zero-order valence-corrected chi connectivity index (χ0v) is 21.7. The highest BCUT2D eigenvalue weighted by Gasteiger charge is 2.40. The Labute approximate surface area is 213 Å². The predicted molar refractivity (Wildman–Crippen MR) is 144 cm³/mol. The van der Waals surface area contributed by atoms with Crippen LogP contribution in [0.3, 0.4) is 0 Å². The highest BCUT2D eigenvalue weighted by molar-refractivity contribution is 8.04. The molecule has 2 aliphatic heterocycles. The summed E-state index contributed by atoms with van der Waals surface area (Å²) in [5.41, 5.74) is 4.14. The molecular formula is C30H36N2O2S.